The summed E-state index contributed by atoms with van der Waals surface area (Å²) < 4.78 is 5.15. The molecular formula is C21H24N2O3S. The number of hydrogen-bond acceptors (Lipinski definition) is 4. The number of ether oxygens (including phenoxy) is 1. The van der Waals surface area contributed by atoms with E-state index in [2.05, 4.69) is 0 Å². The fourth-order valence-corrected chi connectivity index (χ4v) is 3.85. The molecule has 27 heavy (non-hydrogen) atoms. The van der Waals surface area contributed by atoms with Gasteiger partial charge < -0.3 is 14.5 Å². The van der Waals surface area contributed by atoms with E-state index < -0.39 is 0 Å². The van der Waals surface area contributed by atoms with E-state index in [0.717, 1.165) is 16.4 Å². The standard InChI is InChI=1S/C21H24N2O3S/c1-26-18-7-9-19(10-8-18)27-16-11-20(24)22-12-14-23(15-13-22)21(25)17-5-3-2-4-6-17/h2-10H,11-16H2,1H3. The van der Waals surface area contributed by atoms with Crippen LogP contribution in [-0.2, 0) is 4.79 Å². The van der Waals surface area contributed by atoms with Gasteiger partial charge in [0.1, 0.15) is 5.75 Å². The molecule has 0 bridgehead atoms. The summed E-state index contributed by atoms with van der Waals surface area (Å²) in [5.74, 6) is 1.77. The summed E-state index contributed by atoms with van der Waals surface area (Å²) in [5, 5.41) is 0. The molecule has 142 valence electrons. The fraction of sp³-hybridized carbons (Fsp3) is 0.333. The second-order valence-corrected chi connectivity index (χ2v) is 7.48. The molecular weight excluding hydrogens is 360 g/mol. The van der Waals surface area contributed by atoms with E-state index in [0.29, 0.717) is 38.2 Å². The van der Waals surface area contributed by atoms with Gasteiger partial charge >= 0.3 is 0 Å². The highest BCUT2D eigenvalue weighted by molar-refractivity contribution is 7.99. The van der Waals surface area contributed by atoms with Crippen LogP contribution >= 0.6 is 11.8 Å². The highest BCUT2D eigenvalue weighted by atomic mass is 32.2. The van der Waals surface area contributed by atoms with E-state index in [1.807, 2.05) is 64.4 Å². The maximum Gasteiger partial charge on any atom is 0.253 e. The molecule has 0 radical (unpaired) electrons. The van der Waals surface area contributed by atoms with Gasteiger partial charge in [-0.25, -0.2) is 0 Å². The zero-order valence-electron chi connectivity index (χ0n) is 15.5. The smallest absolute Gasteiger partial charge is 0.253 e. The van der Waals surface area contributed by atoms with Gasteiger partial charge in [-0.05, 0) is 36.4 Å². The predicted octanol–water partition coefficient (Wildman–Crippen LogP) is 3.16. The molecule has 0 spiro atoms. The number of methoxy groups -OCH3 is 1. The molecule has 2 amide bonds. The van der Waals surface area contributed by atoms with Crippen molar-refractivity contribution in [2.24, 2.45) is 0 Å². The number of rotatable bonds is 6. The van der Waals surface area contributed by atoms with Crippen molar-refractivity contribution in [3.8, 4) is 5.75 Å². The third-order valence-corrected chi connectivity index (χ3v) is 5.60. The number of carbonyl (C=O) groups excluding carboxylic acids is 2. The Balaban J connectivity index is 1.41. The van der Waals surface area contributed by atoms with Crippen molar-refractivity contribution < 1.29 is 14.3 Å². The molecule has 0 N–H and O–H groups in total. The summed E-state index contributed by atoms with van der Waals surface area (Å²) >= 11 is 1.67. The van der Waals surface area contributed by atoms with Gasteiger partial charge in [0.2, 0.25) is 5.91 Å². The number of piperazine rings is 1. The van der Waals surface area contributed by atoms with Crippen LogP contribution in [0.4, 0.5) is 0 Å². The molecule has 0 atom stereocenters. The van der Waals surface area contributed by atoms with Gasteiger partial charge in [0, 0.05) is 48.8 Å². The lowest BCUT2D eigenvalue weighted by Gasteiger charge is -2.35. The van der Waals surface area contributed by atoms with Gasteiger partial charge in [0.15, 0.2) is 0 Å². The molecule has 3 rings (SSSR count). The van der Waals surface area contributed by atoms with Crippen LogP contribution in [0.3, 0.4) is 0 Å². The molecule has 5 nitrogen and oxygen atoms in total. The van der Waals surface area contributed by atoms with Gasteiger partial charge in [-0.2, -0.15) is 0 Å². The van der Waals surface area contributed by atoms with Gasteiger partial charge in [-0.15, -0.1) is 11.8 Å². The molecule has 0 aliphatic carbocycles. The molecule has 0 saturated carbocycles. The lowest BCUT2D eigenvalue weighted by molar-refractivity contribution is -0.132. The van der Waals surface area contributed by atoms with E-state index >= 15 is 0 Å². The van der Waals surface area contributed by atoms with Crippen molar-refractivity contribution in [3.05, 3.63) is 60.2 Å². The maximum atomic E-state index is 12.5. The fourth-order valence-electron chi connectivity index (χ4n) is 3.01. The van der Waals surface area contributed by atoms with E-state index in [-0.39, 0.29) is 11.8 Å². The van der Waals surface area contributed by atoms with Crippen LogP contribution in [0.1, 0.15) is 16.8 Å². The first-order valence-corrected chi connectivity index (χ1v) is 10.0. The normalized spacial score (nSPS) is 14.1. The SMILES string of the molecule is COc1ccc(SCCC(=O)N2CCN(C(=O)c3ccccc3)CC2)cc1. The quantitative estimate of drug-likeness (QED) is 0.718. The second-order valence-electron chi connectivity index (χ2n) is 6.31. The molecule has 2 aromatic rings. The lowest BCUT2D eigenvalue weighted by atomic mass is 10.2. The van der Waals surface area contributed by atoms with E-state index in [1.165, 1.54) is 0 Å². The number of amides is 2. The first-order chi connectivity index (χ1) is 13.2. The number of hydrogen-bond donors (Lipinski definition) is 0. The average molecular weight is 385 g/mol. The molecule has 1 fully saturated rings. The maximum absolute atomic E-state index is 12.5. The minimum atomic E-state index is 0.0396. The Kier molecular flexibility index (Phi) is 6.76. The van der Waals surface area contributed by atoms with Gasteiger partial charge in [-0.1, -0.05) is 18.2 Å². The minimum Gasteiger partial charge on any atom is -0.497 e. The van der Waals surface area contributed by atoms with Crippen molar-refractivity contribution in [1.29, 1.82) is 0 Å². The Labute approximate surface area is 164 Å². The number of thioether (sulfide) groups is 1. The molecule has 1 aliphatic heterocycles. The summed E-state index contributed by atoms with van der Waals surface area (Å²) in [7, 11) is 1.65. The third kappa shape index (κ3) is 5.26. The molecule has 0 aromatic heterocycles. The Morgan fingerprint density at radius 2 is 1.56 bits per heavy atom. The second kappa shape index (κ2) is 9.46. The van der Waals surface area contributed by atoms with E-state index in [4.69, 9.17) is 4.74 Å². The van der Waals surface area contributed by atoms with Gasteiger partial charge in [0.25, 0.3) is 5.91 Å². The van der Waals surface area contributed by atoms with Crippen LogP contribution in [0.5, 0.6) is 5.75 Å². The van der Waals surface area contributed by atoms with Crippen molar-refractivity contribution in [3.63, 3.8) is 0 Å². The Hall–Kier alpha value is -2.47. The Morgan fingerprint density at radius 3 is 2.19 bits per heavy atom. The molecule has 1 heterocycles. The summed E-state index contributed by atoms with van der Waals surface area (Å²) in [5.41, 5.74) is 0.702. The number of nitrogens with zero attached hydrogens (tertiary/aromatic N) is 2. The zero-order chi connectivity index (χ0) is 19.1. The van der Waals surface area contributed by atoms with Crippen molar-refractivity contribution in [2.45, 2.75) is 11.3 Å². The van der Waals surface area contributed by atoms with Crippen LogP contribution in [0, 0.1) is 0 Å². The van der Waals surface area contributed by atoms with Crippen LogP contribution in [0.15, 0.2) is 59.5 Å². The molecule has 1 aliphatic rings. The minimum absolute atomic E-state index is 0.0396. The average Bonchev–Trinajstić information content (AvgIpc) is 2.74. The summed E-state index contributed by atoms with van der Waals surface area (Å²) in [6.45, 7) is 2.38. The zero-order valence-corrected chi connectivity index (χ0v) is 16.3. The third-order valence-electron chi connectivity index (χ3n) is 4.58. The molecule has 0 unspecified atom stereocenters. The molecule has 1 saturated heterocycles. The monoisotopic (exact) mass is 384 g/mol. The van der Waals surface area contributed by atoms with Crippen LogP contribution in [0.25, 0.3) is 0 Å². The first-order valence-electron chi connectivity index (χ1n) is 9.06. The number of benzene rings is 2. The largest absolute Gasteiger partial charge is 0.497 e. The van der Waals surface area contributed by atoms with Crippen LogP contribution < -0.4 is 4.74 Å². The Bertz CT molecular complexity index is 757. The van der Waals surface area contributed by atoms with Gasteiger partial charge in [-0.3, -0.25) is 9.59 Å². The van der Waals surface area contributed by atoms with Gasteiger partial charge in [0.05, 0.1) is 7.11 Å². The van der Waals surface area contributed by atoms with Crippen LogP contribution in [0.2, 0.25) is 0 Å². The highest BCUT2D eigenvalue weighted by Crippen LogP contribution is 2.22. The number of carbonyl (C=O) groups is 2. The highest BCUT2D eigenvalue weighted by Gasteiger charge is 2.24. The predicted molar refractivity (Wildman–Crippen MR) is 107 cm³/mol. The summed E-state index contributed by atoms with van der Waals surface area (Å²) in [6, 6.07) is 17.1. The lowest BCUT2D eigenvalue weighted by Crippen LogP contribution is -2.50. The van der Waals surface area contributed by atoms with Crippen molar-refractivity contribution in [1.82, 2.24) is 9.80 Å². The van der Waals surface area contributed by atoms with E-state index in [1.54, 1.807) is 18.9 Å². The molecule has 2 aromatic carbocycles. The van der Waals surface area contributed by atoms with Crippen LogP contribution in [-0.4, -0.2) is 60.7 Å². The van der Waals surface area contributed by atoms with Crippen molar-refractivity contribution >= 4 is 23.6 Å². The summed E-state index contributed by atoms with van der Waals surface area (Å²) in [6.07, 6.45) is 0.503. The molecule has 6 heteroatoms. The topological polar surface area (TPSA) is 49.9 Å². The summed E-state index contributed by atoms with van der Waals surface area (Å²) in [4.78, 5) is 29.7. The van der Waals surface area contributed by atoms with E-state index in [9.17, 15) is 9.59 Å². The first kappa shape index (κ1) is 19.3. The van der Waals surface area contributed by atoms with Crippen molar-refractivity contribution in [2.75, 3.05) is 39.0 Å². The Morgan fingerprint density at radius 1 is 0.926 bits per heavy atom.